The molecule has 7 heteroatoms. The number of hydrogen-bond donors (Lipinski definition) is 1. The molecule has 1 saturated heterocycles. The van der Waals surface area contributed by atoms with E-state index in [0.717, 1.165) is 41.8 Å². The lowest BCUT2D eigenvalue weighted by Crippen LogP contribution is -2.41. The predicted octanol–water partition coefficient (Wildman–Crippen LogP) is 2.38. The maximum Gasteiger partial charge on any atom is 0.326 e. The van der Waals surface area contributed by atoms with Gasteiger partial charge in [-0.05, 0) is 38.3 Å². The molecule has 0 saturated carbocycles. The number of imidazole rings is 1. The molecule has 1 aliphatic rings. The first-order valence-electron chi connectivity index (χ1n) is 8.54. The number of aromatic amines is 1. The van der Waals surface area contributed by atoms with Gasteiger partial charge in [0.15, 0.2) is 0 Å². The number of aromatic nitrogens is 3. The number of benzene rings is 1. The highest BCUT2D eigenvalue weighted by atomic mass is 16.5. The zero-order chi connectivity index (χ0) is 17.4. The lowest BCUT2D eigenvalue weighted by Gasteiger charge is -2.34. The molecular formula is C18H20N4O3. The van der Waals surface area contributed by atoms with Gasteiger partial charge in [0.1, 0.15) is 18.0 Å². The number of nitrogens with zero attached hydrogens (tertiary/aromatic N) is 3. The van der Waals surface area contributed by atoms with Crippen LogP contribution in [0.25, 0.3) is 11.0 Å². The number of para-hydroxylation sites is 2. The van der Waals surface area contributed by atoms with Gasteiger partial charge >= 0.3 is 5.69 Å². The van der Waals surface area contributed by atoms with E-state index in [1.54, 1.807) is 0 Å². The van der Waals surface area contributed by atoms with Gasteiger partial charge in [0.2, 0.25) is 5.91 Å². The number of amides is 1. The van der Waals surface area contributed by atoms with E-state index >= 15 is 0 Å². The van der Waals surface area contributed by atoms with E-state index in [0.29, 0.717) is 6.54 Å². The third-order valence-corrected chi connectivity index (χ3v) is 4.79. The average Bonchev–Trinajstić information content (AvgIpc) is 3.19. The van der Waals surface area contributed by atoms with Crippen LogP contribution in [0, 0.1) is 6.92 Å². The van der Waals surface area contributed by atoms with Gasteiger partial charge in [-0.15, -0.1) is 0 Å². The fourth-order valence-corrected chi connectivity index (χ4v) is 3.57. The van der Waals surface area contributed by atoms with Gasteiger partial charge < -0.3 is 14.4 Å². The maximum atomic E-state index is 12.9. The molecule has 4 rings (SSSR count). The van der Waals surface area contributed by atoms with Gasteiger partial charge in [0, 0.05) is 12.6 Å². The zero-order valence-corrected chi connectivity index (χ0v) is 14.1. The fourth-order valence-electron chi connectivity index (χ4n) is 3.57. The molecule has 1 N–H and O–H groups in total. The van der Waals surface area contributed by atoms with Crippen LogP contribution < -0.4 is 5.69 Å². The number of rotatable bonds is 3. The lowest BCUT2D eigenvalue weighted by atomic mass is 9.99. The number of piperidine rings is 1. The molecule has 3 heterocycles. The monoisotopic (exact) mass is 340 g/mol. The van der Waals surface area contributed by atoms with Crippen LogP contribution in [0.5, 0.6) is 0 Å². The average molecular weight is 340 g/mol. The molecule has 0 aliphatic carbocycles. The summed E-state index contributed by atoms with van der Waals surface area (Å²) in [5.74, 6) is 0.665. The molecule has 0 spiro atoms. The molecule has 130 valence electrons. The van der Waals surface area contributed by atoms with E-state index in [4.69, 9.17) is 4.52 Å². The van der Waals surface area contributed by atoms with Crippen molar-refractivity contribution in [2.24, 2.45) is 0 Å². The van der Waals surface area contributed by atoms with E-state index in [2.05, 4.69) is 10.1 Å². The summed E-state index contributed by atoms with van der Waals surface area (Å²) in [6.07, 6.45) is 2.87. The summed E-state index contributed by atoms with van der Waals surface area (Å²) in [6, 6.07) is 9.19. The number of H-pyrrole nitrogens is 1. The van der Waals surface area contributed by atoms with Crippen LogP contribution in [0.2, 0.25) is 0 Å². The van der Waals surface area contributed by atoms with E-state index in [-0.39, 0.29) is 24.2 Å². The number of fused-ring (bicyclic) bond motifs is 1. The molecule has 1 amide bonds. The largest absolute Gasteiger partial charge is 0.361 e. The molecule has 2 aromatic heterocycles. The smallest absolute Gasteiger partial charge is 0.326 e. The Bertz CT molecular complexity index is 968. The normalized spacial score (nSPS) is 18.0. The Labute approximate surface area is 144 Å². The summed E-state index contributed by atoms with van der Waals surface area (Å²) < 4.78 is 6.68. The SMILES string of the molecule is Cc1cc([C@@H]2CCCCN2C(=O)Cn2c(=O)[nH]c3ccccc32)no1. The summed E-state index contributed by atoms with van der Waals surface area (Å²) in [7, 11) is 0. The Hall–Kier alpha value is -2.83. The van der Waals surface area contributed by atoms with Crippen molar-refractivity contribution in [1.29, 1.82) is 0 Å². The zero-order valence-electron chi connectivity index (χ0n) is 14.1. The van der Waals surface area contributed by atoms with Crippen molar-refractivity contribution in [2.75, 3.05) is 6.54 Å². The first-order valence-corrected chi connectivity index (χ1v) is 8.54. The highest BCUT2D eigenvalue weighted by Crippen LogP contribution is 2.30. The summed E-state index contributed by atoms with van der Waals surface area (Å²) in [5.41, 5.74) is 2.01. The van der Waals surface area contributed by atoms with E-state index < -0.39 is 0 Å². The highest BCUT2D eigenvalue weighted by molar-refractivity contribution is 5.80. The second-order valence-corrected chi connectivity index (χ2v) is 6.49. The van der Waals surface area contributed by atoms with Crippen molar-refractivity contribution < 1.29 is 9.32 Å². The third-order valence-electron chi connectivity index (χ3n) is 4.79. The Balaban J connectivity index is 1.62. The lowest BCUT2D eigenvalue weighted by molar-refractivity contribution is -0.135. The molecule has 0 unspecified atom stereocenters. The minimum atomic E-state index is -0.264. The molecule has 25 heavy (non-hydrogen) atoms. The molecule has 7 nitrogen and oxygen atoms in total. The second kappa shape index (κ2) is 6.23. The van der Waals surface area contributed by atoms with E-state index in [9.17, 15) is 9.59 Å². The van der Waals surface area contributed by atoms with Crippen LogP contribution in [-0.2, 0) is 11.3 Å². The van der Waals surface area contributed by atoms with Crippen LogP contribution in [0.15, 0.2) is 39.6 Å². The number of hydrogen-bond acceptors (Lipinski definition) is 4. The van der Waals surface area contributed by atoms with Gasteiger partial charge in [-0.25, -0.2) is 4.79 Å². The van der Waals surface area contributed by atoms with Gasteiger partial charge in [-0.3, -0.25) is 9.36 Å². The number of carbonyl (C=O) groups is 1. The number of carbonyl (C=O) groups excluding carboxylic acids is 1. The quantitative estimate of drug-likeness (QED) is 0.793. The van der Waals surface area contributed by atoms with Crippen LogP contribution >= 0.6 is 0 Å². The molecular weight excluding hydrogens is 320 g/mol. The van der Waals surface area contributed by atoms with E-state index in [1.807, 2.05) is 42.2 Å². The van der Waals surface area contributed by atoms with Gasteiger partial charge in [-0.1, -0.05) is 17.3 Å². The van der Waals surface area contributed by atoms with Crippen LogP contribution in [0.3, 0.4) is 0 Å². The van der Waals surface area contributed by atoms with Gasteiger partial charge in [0.05, 0.1) is 17.1 Å². The van der Waals surface area contributed by atoms with Crippen LogP contribution in [0.4, 0.5) is 0 Å². The minimum Gasteiger partial charge on any atom is -0.361 e. The van der Waals surface area contributed by atoms with Crippen molar-refractivity contribution in [3.8, 4) is 0 Å². The first-order chi connectivity index (χ1) is 12.1. The Morgan fingerprint density at radius 3 is 3.00 bits per heavy atom. The molecule has 0 bridgehead atoms. The fraction of sp³-hybridized carbons (Fsp3) is 0.389. The van der Waals surface area contributed by atoms with Crippen molar-refractivity contribution >= 4 is 16.9 Å². The maximum absolute atomic E-state index is 12.9. The number of nitrogens with one attached hydrogen (secondary N) is 1. The standard InChI is InChI=1S/C18H20N4O3/c1-12-10-14(20-25-12)16-8-4-5-9-21(16)17(23)11-22-15-7-3-2-6-13(15)19-18(22)24/h2-3,6-7,10,16H,4-5,8-9,11H2,1H3,(H,19,24)/t16-/m0/s1. The molecule has 3 aromatic rings. The second-order valence-electron chi connectivity index (χ2n) is 6.49. The van der Waals surface area contributed by atoms with Crippen LogP contribution in [-0.4, -0.2) is 32.1 Å². The topological polar surface area (TPSA) is 84.1 Å². The summed E-state index contributed by atoms with van der Waals surface area (Å²) in [6.45, 7) is 2.54. The third kappa shape index (κ3) is 2.86. The minimum absolute atomic E-state index is 0.0240. The van der Waals surface area contributed by atoms with Crippen molar-refractivity contribution in [3.05, 3.63) is 52.3 Å². The molecule has 1 fully saturated rings. The first kappa shape index (κ1) is 15.7. The predicted molar refractivity (Wildman–Crippen MR) is 92.1 cm³/mol. The van der Waals surface area contributed by atoms with Gasteiger partial charge in [0.25, 0.3) is 0 Å². The van der Waals surface area contributed by atoms with E-state index in [1.165, 1.54) is 4.57 Å². The number of aryl methyl sites for hydroxylation is 1. The summed E-state index contributed by atoms with van der Waals surface area (Å²) in [5, 5.41) is 4.09. The molecule has 1 aliphatic heterocycles. The van der Waals surface area contributed by atoms with Crippen LogP contribution in [0.1, 0.15) is 36.8 Å². The summed E-state index contributed by atoms with van der Waals surface area (Å²) >= 11 is 0. The Morgan fingerprint density at radius 2 is 2.20 bits per heavy atom. The molecule has 0 radical (unpaired) electrons. The highest BCUT2D eigenvalue weighted by Gasteiger charge is 2.30. The van der Waals surface area contributed by atoms with Crippen molar-refractivity contribution in [2.45, 2.75) is 38.8 Å². The Kier molecular flexibility index (Phi) is 3.91. The van der Waals surface area contributed by atoms with Crippen molar-refractivity contribution in [1.82, 2.24) is 19.6 Å². The van der Waals surface area contributed by atoms with Crippen molar-refractivity contribution in [3.63, 3.8) is 0 Å². The molecule has 1 aromatic carbocycles. The summed E-state index contributed by atoms with van der Waals surface area (Å²) in [4.78, 5) is 29.8. The number of likely N-dealkylation sites (tertiary alicyclic amines) is 1. The van der Waals surface area contributed by atoms with Gasteiger partial charge in [-0.2, -0.15) is 0 Å². The molecule has 1 atom stereocenters. The Morgan fingerprint density at radius 1 is 1.36 bits per heavy atom.